The van der Waals surface area contributed by atoms with Crippen LogP contribution in [0.2, 0.25) is 0 Å². The van der Waals surface area contributed by atoms with Gasteiger partial charge < -0.3 is 9.13 Å². The van der Waals surface area contributed by atoms with Gasteiger partial charge in [0.25, 0.3) is 0 Å². The van der Waals surface area contributed by atoms with Crippen molar-refractivity contribution in [3.8, 4) is 22.5 Å². The molecule has 0 aliphatic carbocycles. The van der Waals surface area contributed by atoms with E-state index in [1.807, 2.05) is 17.5 Å². The number of rotatable bonds is 3. The van der Waals surface area contributed by atoms with E-state index in [1.54, 1.807) is 0 Å². The Labute approximate surface area is 285 Å². The van der Waals surface area contributed by atoms with Gasteiger partial charge in [0, 0.05) is 60.0 Å². The van der Waals surface area contributed by atoms with Crippen LogP contribution in [0.15, 0.2) is 164 Å². The van der Waals surface area contributed by atoms with Crippen LogP contribution in [0.1, 0.15) is 0 Å². The van der Waals surface area contributed by atoms with Gasteiger partial charge >= 0.3 is 0 Å². The molecule has 11 aromatic rings. The van der Waals surface area contributed by atoms with Crippen LogP contribution in [-0.4, -0.2) is 14.1 Å². The zero-order chi connectivity index (χ0) is 32.1. The molecule has 7 aromatic carbocycles. The van der Waals surface area contributed by atoms with Gasteiger partial charge in [-0.15, -0.1) is 11.3 Å². The van der Waals surface area contributed by atoms with Gasteiger partial charge in [0.2, 0.25) is 0 Å². The summed E-state index contributed by atoms with van der Waals surface area (Å²) in [5.74, 6) is 0. The fourth-order valence-corrected chi connectivity index (χ4v) is 9.09. The van der Waals surface area contributed by atoms with E-state index in [0.29, 0.717) is 0 Å². The summed E-state index contributed by atoms with van der Waals surface area (Å²) < 4.78 is 7.34. The number of para-hydroxylation sites is 3. The molecule has 11 rings (SSSR count). The average molecular weight is 642 g/mol. The highest BCUT2D eigenvalue weighted by Gasteiger charge is 2.17. The third-order valence-corrected chi connectivity index (χ3v) is 11.2. The standard InChI is InChI=1S/C45H27N3S/c1-5-16-39-32(12-1)33-13-2-6-17-40(33)48(39)31-21-23-42-37(26-31)34-14-3-7-18-41(34)47(42)30-11-9-10-28(24-30)29-20-22-35-38(25-29)46-27-44-45(35)36-15-4-8-19-43(36)49-44/h1-27H. The molecule has 0 fully saturated rings. The Balaban J connectivity index is 1.08. The second kappa shape index (κ2) is 10.1. The van der Waals surface area contributed by atoms with Crippen LogP contribution >= 0.6 is 11.3 Å². The van der Waals surface area contributed by atoms with E-state index in [-0.39, 0.29) is 0 Å². The van der Waals surface area contributed by atoms with E-state index < -0.39 is 0 Å². The summed E-state index contributed by atoms with van der Waals surface area (Å²) in [7, 11) is 0. The molecule has 0 saturated heterocycles. The molecular weight excluding hydrogens is 615 g/mol. The quantitative estimate of drug-likeness (QED) is 0.188. The highest BCUT2D eigenvalue weighted by Crippen LogP contribution is 2.40. The Morgan fingerprint density at radius 2 is 0.980 bits per heavy atom. The molecule has 228 valence electrons. The summed E-state index contributed by atoms with van der Waals surface area (Å²) in [6, 6.07) is 57.4. The molecule has 0 bridgehead atoms. The molecule has 4 aromatic heterocycles. The summed E-state index contributed by atoms with van der Waals surface area (Å²) >= 11 is 1.81. The Kier molecular flexibility index (Phi) is 5.54. The molecule has 0 aliphatic heterocycles. The Hall–Kier alpha value is -6.23. The zero-order valence-corrected chi connectivity index (χ0v) is 27.2. The summed E-state index contributed by atoms with van der Waals surface area (Å²) in [5.41, 5.74) is 10.5. The monoisotopic (exact) mass is 641 g/mol. The number of hydrogen-bond donors (Lipinski definition) is 0. The van der Waals surface area contributed by atoms with E-state index in [9.17, 15) is 0 Å². The Morgan fingerprint density at radius 3 is 1.71 bits per heavy atom. The molecule has 3 nitrogen and oxygen atoms in total. The maximum Gasteiger partial charge on any atom is 0.0715 e. The molecule has 0 N–H and O–H groups in total. The highest BCUT2D eigenvalue weighted by atomic mass is 32.1. The van der Waals surface area contributed by atoms with Crippen LogP contribution < -0.4 is 0 Å². The summed E-state index contributed by atoms with van der Waals surface area (Å²) in [4.78, 5) is 4.92. The number of nitrogens with zero attached hydrogens (tertiary/aromatic N) is 3. The lowest BCUT2D eigenvalue weighted by molar-refractivity contribution is 1.17. The van der Waals surface area contributed by atoms with E-state index >= 15 is 0 Å². The zero-order valence-electron chi connectivity index (χ0n) is 26.3. The van der Waals surface area contributed by atoms with Gasteiger partial charge in [0.1, 0.15) is 0 Å². The number of fused-ring (bicyclic) bond motifs is 11. The first-order valence-electron chi connectivity index (χ1n) is 16.6. The van der Waals surface area contributed by atoms with Gasteiger partial charge in [-0.2, -0.15) is 0 Å². The second-order valence-electron chi connectivity index (χ2n) is 12.8. The normalized spacial score (nSPS) is 12.1. The maximum absolute atomic E-state index is 4.92. The first kappa shape index (κ1) is 26.8. The minimum atomic E-state index is 1.02. The van der Waals surface area contributed by atoms with E-state index in [1.165, 1.54) is 74.7 Å². The van der Waals surface area contributed by atoms with Crippen LogP contribution in [0.3, 0.4) is 0 Å². The van der Waals surface area contributed by atoms with Crippen LogP contribution in [-0.2, 0) is 0 Å². The van der Waals surface area contributed by atoms with Crippen molar-refractivity contribution < 1.29 is 0 Å². The molecule has 49 heavy (non-hydrogen) atoms. The number of pyridine rings is 1. The van der Waals surface area contributed by atoms with Crippen molar-refractivity contribution in [1.29, 1.82) is 0 Å². The summed E-state index contributed by atoms with van der Waals surface area (Å²) in [6.07, 6.45) is 2.04. The van der Waals surface area contributed by atoms with Crippen molar-refractivity contribution in [3.05, 3.63) is 164 Å². The predicted octanol–water partition coefficient (Wildman–Crippen LogP) is 12.5. The number of hydrogen-bond acceptors (Lipinski definition) is 2. The number of thiophene rings is 1. The van der Waals surface area contributed by atoms with Crippen LogP contribution in [0.4, 0.5) is 0 Å². The van der Waals surface area contributed by atoms with Gasteiger partial charge in [0.05, 0.1) is 32.3 Å². The third-order valence-electron chi connectivity index (χ3n) is 10.1. The number of benzene rings is 7. The van der Waals surface area contributed by atoms with Crippen molar-refractivity contribution in [2.75, 3.05) is 0 Å². The van der Waals surface area contributed by atoms with Crippen molar-refractivity contribution in [3.63, 3.8) is 0 Å². The van der Waals surface area contributed by atoms with Crippen LogP contribution in [0, 0.1) is 0 Å². The van der Waals surface area contributed by atoms with E-state index in [0.717, 1.165) is 22.5 Å². The molecule has 0 atom stereocenters. The molecule has 0 saturated carbocycles. The van der Waals surface area contributed by atoms with Crippen LogP contribution in [0.5, 0.6) is 0 Å². The molecule has 0 unspecified atom stereocenters. The van der Waals surface area contributed by atoms with E-state index in [4.69, 9.17) is 4.98 Å². The topological polar surface area (TPSA) is 22.8 Å². The van der Waals surface area contributed by atoms with Crippen molar-refractivity contribution >= 4 is 86.0 Å². The summed E-state index contributed by atoms with van der Waals surface area (Å²) in [5, 5.41) is 8.84. The Bertz CT molecular complexity index is 3070. The molecule has 4 heteroatoms. The lowest BCUT2D eigenvalue weighted by atomic mass is 10.0. The molecule has 4 heterocycles. The number of aromatic nitrogens is 3. The average Bonchev–Trinajstić information content (AvgIpc) is 3.82. The van der Waals surface area contributed by atoms with Gasteiger partial charge in [-0.1, -0.05) is 97.1 Å². The minimum Gasteiger partial charge on any atom is -0.309 e. The van der Waals surface area contributed by atoms with Crippen molar-refractivity contribution in [2.24, 2.45) is 0 Å². The van der Waals surface area contributed by atoms with Gasteiger partial charge in [-0.25, -0.2) is 0 Å². The van der Waals surface area contributed by atoms with Crippen LogP contribution in [0.25, 0.3) is 97.2 Å². The first-order chi connectivity index (χ1) is 24.3. The molecule has 0 spiro atoms. The second-order valence-corrected chi connectivity index (χ2v) is 13.9. The molecule has 0 amide bonds. The lowest BCUT2D eigenvalue weighted by Crippen LogP contribution is -1.96. The van der Waals surface area contributed by atoms with Gasteiger partial charge in [0.15, 0.2) is 0 Å². The van der Waals surface area contributed by atoms with E-state index in [2.05, 4.69) is 167 Å². The maximum atomic E-state index is 4.92. The fourth-order valence-electron chi connectivity index (χ4n) is 7.99. The van der Waals surface area contributed by atoms with Crippen molar-refractivity contribution in [2.45, 2.75) is 0 Å². The van der Waals surface area contributed by atoms with Crippen molar-refractivity contribution in [1.82, 2.24) is 14.1 Å². The smallest absolute Gasteiger partial charge is 0.0715 e. The molecule has 0 radical (unpaired) electrons. The SMILES string of the molecule is c1cc(-c2ccc3c(c2)ncc2sc4ccccc4c23)cc(-n2c3ccccc3c3cc(-n4c5ccccc5c5ccccc54)ccc32)c1. The minimum absolute atomic E-state index is 1.02. The lowest BCUT2D eigenvalue weighted by Gasteiger charge is -2.12. The predicted molar refractivity (Wildman–Crippen MR) is 209 cm³/mol. The fraction of sp³-hybridized carbons (Fsp3) is 0. The van der Waals surface area contributed by atoms with Gasteiger partial charge in [-0.05, 0) is 71.8 Å². The first-order valence-corrected chi connectivity index (χ1v) is 17.4. The van der Waals surface area contributed by atoms with Gasteiger partial charge in [-0.3, -0.25) is 4.98 Å². The Morgan fingerprint density at radius 1 is 0.388 bits per heavy atom. The molecular formula is C45H27N3S. The third kappa shape index (κ3) is 3.86. The largest absolute Gasteiger partial charge is 0.309 e. The highest BCUT2D eigenvalue weighted by molar-refractivity contribution is 7.26. The molecule has 0 aliphatic rings. The summed E-state index contributed by atoms with van der Waals surface area (Å²) in [6.45, 7) is 0.